The predicted octanol–water partition coefficient (Wildman–Crippen LogP) is 3.35. The van der Waals surface area contributed by atoms with Crippen molar-refractivity contribution in [1.29, 1.82) is 0 Å². The quantitative estimate of drug-likeness (QED) is 0.539. The average molecular weight is 413 g/mol. The van der Waals surface area contributed by atoms with Gasteiger partial charge in [-0.2, -0.15) is 4.98 Å². The molecule has 10 heteroatoms. The highest BCUT2D eigenvalue weighted by atomic mass is 35.5. The van der Waals surface area contributed by atoms with E-state index in [2.05, 4.69) is 25.4 Å². The van der Waals surface area contributed by atoms with Crippen molar-refractivity contribution in [2.45, 2.75) is 13.5 Å². The lowest BCUT2D eigenvalue weighted by atomic mass is 10.2. The monoisotopic (exact) mass is 412 g/mol. The van der Waals surface area contributed by atoms with E-state index in [-0.39, 0.29) is 23.2 Å². The lowest BCUT2D eigenvalue weighted by Gasteiger charge is -2.04. The number of imidazole rings is 1. The lowest BCUT2D eigenvalue weighted by molar-refractivity contribution is 0.0946. The highest BCUT2D eigenvalue weighted by molar-refractivity contribution is 6.30. The van der Waals surface area contributed by atoms with Gasteiger partial charge in [0.25, 0.3) is 11.8 Å². The molecule has 0 aliphatic carbocycles. The molecule has 0 fully saturated rings. The number of pyridine rings is 1. The van der Waals surface area contributed by atoms with Crippen molar-refractivity contribution < 1.29 is 13.7 Å². The van der Waals surface area contributed by atoms with Crippen LogP contribution in [-0.2, 0) is 6.54 Å². The zero-order valence-corrected chi connectivity index (χ0v) is 15.9. The summed E-state index contributed by atoms with van der Waals surface area (Å²) >= 11 is 5.75. The SMILES string of the molecule is Cc1noc(-c2ccnc(-n3cnc(C(=O)NCc4ccc(F)c(Cl)c4)c3)c2)n1. The Labute approximate surface area is 169 Å². The van der Waals surface area contributed by atoms with Crippen LogP contribution in [0.25, 0.3) is 17.3 Å². The molecule has 0 aliphatic heterocycles. The van der Waals surface area contributed by atoms with Crippen LogP contribution in [0.2, 0.25) is 5.02 Å². The molecule has 4 rings (SSSR count). The molecule has 8 nitrogen and oxygen atoms in total. The van der Waals surface area contributed by atoms with E-state index in [1.807, 2.05) is 0 Å². The molecule has 0 bridgehead atoms. The second kappa shape index (κ2) is 7.80. The third-order valence-electron chi connectivity index (χ3n) is 4.04. The second-order valence-corrected chi connectivity index (χ2v) is 6.55. The number of rotatable bonds is 5. The van der Waals surface area contributed by atoms with Crippen LogP contribution >= 0.6 is 11.6 Å². The molecule has 146 valence electrons. The zero-order chi connectivity index (χ0) is 20.4. The summed E-state index contributed by atoms with van der Waals surface area (Å²) in [5, 5.41) is 6.49. The van der Waals surface area contributed by atoms with Gasteiger partial charge in [-0.3, -0.25) is 9.36 Å². The van der Waals surface area contributed by atoms with Gasteiger partial charge in [0.2, 0.25) is 0 Å². The number of carbonyl (C=O) groups excluding carboxylic acids is 1. The summed E-state index contributed by atoms with van der Waals surface area (Å²) in [5.74, 6) is 0.554. The summed E-state index contributed by atoms with van der Waals surface area (Å²) in [6.07, 6.45) is 4.63. The minimum absolute atomic E-state index is 0.00317. The summed E-state index contributed by atoms with van der Waals surface area (Å²) < 4.78 is 20.0. The maximum atomic E-state index is 13.2. The molecule has 0 saturated carbocycles. The van der Waals surface area contributed by atoms with E-state index in [1.165, 1.54) is 18.5 Å². The van der Waals surface area contributed by atoms with E-state index in [0.717, 1.165) is 0 Å². The zero-order valence-electron chi connectivity index (χ0n) is 15.1. The average Bonchev–Trinajstić information content (AvgIpc) is 3.38. The first-order chi connectivity index (χ1) is 14.0. The highest BCUT2D eigenvalue weighted by Gasteiger charge is 2.13. The summed E-state index contributed by atoms with van der Waals surface area (Å²) in [5.41, 5.74) is 1.58. The van der Waals surface area contributed by atoms with Crippen LogP contribution in [0.1, 0.15) is 21.9 Å². The number of aromatic nitrogens is 5. The smallest absolute Gasteiger partial charge is 0.271 e. The molecule has 1 amide bonds. The summed E-state index contributed by atoms with van der Waals surface area (Å²) in [6, 6.07) is 7.76. The molecular formula is C19H14ClFN6O2. The molecule has 4 aromatic rings. The first-order valence-corrected chi connectivity index (χ1v) is 8.90. The van der Waals surface area contributed by atoms with Gasteiger partial charge in [-0.25, -0.2) is 14.4 Å². The maximum absolute atomic E-state index is 13.2. The third-order valence-corrected chi connectivity index (χ3v) is 4.33. The van der Waals surface area contributed by atoms with Crippen LogP contribution < -0.4 is 5.32 Å². The number of carbonyl (C=O) groups is 1. The fraction of sp³-hybridized carbons (Fsp3) is 0.105. The van der Waals surface area contributed by atoms with Gasteiger partial charge in [0.15, 0.2) is 5.82 Å². The van der Waals surface area contributed by atoms with E-state index < -0.39 is 5.82 Å². The van der Waals surface area contributed by atoms with Crippen molar-refractivity contribution in [3.8, 4) is 17.3 Å². The number of benzene rings is 1. The van der Waals surface area contributed by atoms with Gasteiger partial charge in [0, 0.05) is 24.5 Å². The van der Waals surface area contributed by atoms with Crippen molar-refractivity contribution >= 4 is 17.5 Å². The molecule has 3 aromatic heterocycles. The number of hydrogen-bond donors (Lipinski definition) is 1. The van der Waals surface area contributed by atoms with Gasteiger partial charge in [-0.05, 0) is 36.8 Å². The number of nitrogens with zero attached hydrogens (tertiary/aromatic N) is 5. The van der Waals surface area contributed by atoms with E-state index in [1.54, 1.807) is 42.1 Å². The normalized spacial score (nSPS) is 10.9. The fourth-order valence-corrected chi connectivity index (χ4v) is 2.80. The molecule has 0 radical (unpaired) electrons. The van der Waals surface area contributed by atoms with Gasteiger partial charge in [0.1, 0.15) is 23.7 Å². The fourth-order valence-electron chi connectivity index (χ4n) is 2.59. The molecule has 0 atom stereocenters. The third kappa shape index (κ3) is 4.14. The molecule has 29 heavy (non-hydrogen) atoms. The Hall–Kier alpha value is -3.59. The van der Waals surface area contributed by atoms with E-state index >= 15 is 0 Å². The molecule has 0 saturated heterocycles. The largest absolute Gasteiger partial charge is 0.347 e. The van der Waals surface area contributed by atoms with E-state index in [9.17, 15) is 9.18 Å². The Morgan fingerprint density at radius 3 is 2.90 bits per heavy atom. The minimum atomic E-state index is -0.508. The van der Waals surface area contributed by atoms with E-state index in [0.29, 0.717) is 28.7 Å². The van der Waals surface area contributed by atoms with Crippen LogP contribution in [0, 0.1) is 12.7 Å². The van der Waals surface area contributed by atoms with Crippen LogP contribution in [-0.4, -0.2) is 30.6 Å². The molecule has 0 unspecified atom stereocenters. The highest BCUT2D eigenvalue weighted by Crippen LogP contribution is 2.19. The first-order valence-electron chi connectivity index (χ1n) is 8.53. The minimum Gasteiger partial charge on any atom is -0.347 e. The second-order valence-electron chi connectivity index (χ2n) is 6.15. The van der Waals surface area contributed by atoms with Gasteiger partial charge in [0.05, 0.1) is 5.02 Å². The lowest BCUT2D eigenvalue weighted by Crippen LogP contribution is -2.23. The van der Waals surface area contributed by atoms with Crippen molar-refractivity contribution in [3.05, 3.63) is 77.0 Å². The van der Waals surface area contributed by atoms with E-state index in [4.69, 9.17) is 16.1 Å². The Kier molecular flexibility index (Phi) is 5.05. The Bertz CT molecular complexity index is 1190. The first kappa shape index (κ1) is 18.8. The number of aryl methyl sites for hydroxylation is 1. The molecule has 1 N–H and O–H groups in total. The summed E-state index contributed by atoms with van der Waals surface area (Å²) in [7, 11) is 0. The molecule has 0 aliphatic rings. The topological polar surface area (TPSA) is 98.7 Å². The van der Waals surface area contributed by atoms with Gasteiger partial charge in [-0.1, -0.05) is 22.8 Å². The Morgan fingerprint density at radius 2 is 2.14 bits per heavy atom. The van der Waals surface area contributed by atoms with Crippen molar-refractivity contribution in [3.63, 3.8) is 0 Å². The predicted molar refractivity (Wildman–Crippen MR) is 102 cm³/mol. The van der Waals surface area contributed by atoms with Gasteiger partial charge < -0.3 is 9.84 Å². The standard InChI is InChI=1S/C19H14ClFN6O2/c1-11-25-19(29-26-11)13-4-5-22-17(7-13)27-9-16(24-10-27)18(28)23-8-12-2-3-15(21)14(20)6-12/h2-7,9-10H,8H2,1H3,(H,23,28). The summed E-state index contributed by atoms with van der Waals surface area (Å²) in [6.45, 7) is 1.92. The van der Waals surface area contributed by atoms with Crippen LogP contribution in [0.4, 0.5) is 4.39 Å². The molecule has 1 aromatic carbocycles. The number of amides is 1. The molecule has 3 heterocycles. The summed E-state index contributed by atoms with van der Waals surface area (Å²) in [4.78, 5) is 24.9. The number of nitrogens with one attached hydrogen (secondary N) is 1. The van der Waals surface area contributed by atoms with Crippen LogP contribution in [0.5, 0.6) is 0 Å². The van der Waals surface area contributed by atoms with Crippen molar-refractivity contribution in [1.82, 2.24) is 30.0 Å². The number of hydrogen-bond acceptors (Lipinski definition) is 6. The van der Waals surface area contributed by atoms with Gasteiger partial charge in [-0.15, -0.1) is 0 Å². The van der Waals surface area contributed by atoms with Crippen LogP contribution in [0.3, 0.4) is 0 Å². The molecule has 0 spiro atoms. The van der Waals surface area contributed by atoms with Crippen LogP contribution in [0.15, 0.2) is 53.6 Å². The maximum Gasteiger partial charge on any atom is 0.271 e. The molecular weight excluding hydrogens is 399 g/mol. The van der Waals surface area contributed by atoms with Crippen molar-refractivity contribution in [2.24, 2.45) is 0 Å². The Morgan fingerprint density at radius 1 is 1.28 bits per heavy atom. The number of halogens is 2. The van der Waals surface area contributed by atoms with Crippen molar-refractivity contribution in [2.75, 3.05) is 0 Å². The van der Waals surface area contributed by atoms with Gasteiger partial charge >= 0.3 is 0 Å². The Balaban J connectivity index is 1.48.